The third-order valence-electron chi connectivity index (χ3n) is 10.1. The van der Waals surface area contributed by atoms with Crippen LogP contribution < -0.4 is 4.52 Å². The molecule has 1 aromatic heterocycles. The molecule has 5 aromatic rings. The maximum absolute atomic E-state index is 12.0. The van der Waals surface area contributed by atoms with E-state index < -0.39 is 8.24 Å². The first-order valence-corrected chi connectivity index (χ1v) is 19.8. The Hall–Kier alpha value is -3.62. The van der Waals surface area contributed by atoms with Crippen LogP contribution >= 0.6 is 8.24 Å². The summed E-state index contributed by atoms with van der Waals surface area (Å²) in [6, 6.07) is 17.6. The zero-order chi connectivity index (χ0) is 39.1. The van der Waals surface area contributed by atoms with Crippen molar-refractivity contribution in [3.8, 4) is 22.6 Å². The molecule has 0 aliphatic carbocycles. The average molecular weight is 723 g/mol. The molecule has 5 heteroatoms. The number of hydrogen-bond donors (Lipinski definition) is 1. The number of benzene rings is 4. The van der Waals surface area contributed by atoms with Gasteiger partial charge < -0.3 is 18.0 Å². The minimum absolute atomic E-state index is 0.0665. The fourth-order valence-electron chi connectivity index (χ4n) is 6.91. The molecule has 0 amide bonds. The van der Waals surface area contributed by atoms with Gasteiger partial charge in [0, 0.05) is 38.6 Å². The third-order valence-corrected chi connectivity index (χ3v) is 11.1. The van der Waals surface area contributed by atoms with E-state index in [1.165, 1.54) is 11.1 Å². The summed E-state index contributed by atoms with van der Waals surface area (Å²) in [5.41, 5.74) is 11.0. The molecule has 1 N–H and O–H groups in total. The van der Waals surface area contributed by atoms with Crippen molar-refractivity contribution in [3.05, 3.63) is 93.0 Å². The van der Waals surface area contributed by atoms with Gasteiger partial charge in [-0.15, -0.1) is 0 Å². The Labute approximate surface area is 314 Å². The topological polar surface area (TPSA) is 55.7 Å². The molecule has 0 saturated heterocycles. The highest BCUT2D eigenvalue weighted by Gasteiger charge is 2.30. The molecule has 280 valence electrons. The molecular weight excluding hydrogens is 659 g/mol. The summed E-state index contributed by atoms with van der Waals surface area (Å²) in [6.07, 6.45) is 0. The predicted octanol–water partition coefficient (Wildman–Crippen LogP) is 14.9. The number of rotatable bonds is 3. The van der Waals surface area contributed by atoms with E-state index in [1.54, 1.807) is 0 Å². The van der Waals surface area contributed by atoms with Gasteiger partial charge >= 0.3 is 8.24 Å². The number of phenolic OH excluding ortho intramolecular Hbond substituents is 1. The summed E-state index contributed by atoms with van der Waals surface area (Å²) in [5, 5.41) is 14.0. The number of phenols is 1. The van der Waals surface area contributed by atoms with Gasteiger partial charge in [-0.1, -0.05) is 128 Å². The lowest BCUT2D eigenvalue weighted by Crippen LogP contribution is -2.16. The Morgan fingerprint density at radius 2 is 0.923 bits per heavy atom. The summed E-state index contributed by atoms with van der Waals surface area (Å²) >= 11 is 0. The van der Waals surface area contributed by atoms with Gasteiger partial charge in [0.05, 0.1) is 0 Å². The van der Waals surface area contributed by atoms with Crippen molar-refractivity contribution in [2.75, 3.05) is 0 Å². The summed E-state index contributed by atoms with van der Waals surface area (Å²) in [7, 11) is -2.01. The molecule has 0 aliphatic rings. The van der Waals surface area contributed by atoms with Crippen LogP contribution in [0.5, 0.6) is 11.5 Å². The van der Waals surface area contributed by atoms with E-state index in [9.17, 15) is 5.11 Å². The standard InChI is InChI=1S/C47H63O4P/c1-27-19-32(39(48)36(21-27)45(10,11)12)33-20-28(2)22-37(46(13,14)15)41(33)50-52-49-40-29(3)23-30(43(4,5)6)24-34(40)35-25-31(44(7,8)9)26-38(42(35)51-52)47(16,17)18/h19-26,48H,1-18H3. The Balaban J connectivity index is 1.98. The lowest BCUT2D eigenvalue weighted by Gasteiger charge is -2.27. The minimum atomic E-state index is -2.01. The molecule has 1 unspecified atom stereocenters. The molecule has 1 heterocycles. The Kier molecular flexibility index (Phi) is 9.93. The first kappa shape index (κ1) is 39.6. The van der Waals surface area contributed by atoms with Crippen LogP contribution in [0.15, 0.2) is 56.9 Å². The van der Waals surface area contributed by atoms with E-state index in [-0.39, 0.29) is 32.8 Å². The number of aryl methyl sites for hydroxylation is 3. The maximum atomic E-state index is 12.0. The van der Waals surface area contributed by atoms with Gasteiger partial charge in [-0.25, -0.2) is 0 Å². The van der Waals surface area contributed by atoms with Crippen LogP contribution in [0, 0.1) is 20.8 Å². The summed E-state index contributed by atoms with van der Waals surface area (Å²) in [5.74, 6) is 0.942. The lowest BCUT2D eigenvalue weighted by molar-refractivity contribution is 0.447. The van der Waals surface area contributed by atoms with Crippen molar-refractivity contribution in [2.45, 2.75) is 152 Å². The van der Waals surface area contributed by atoms with Gasteiger partial charge in [-0.3, -0.25) is 0 Å². The average Bonchev–Trinajstić information content (AvgIpc) is 3.12. The quantitative estimate of drug-likeness (QED) is 0.201. The van der Waals surface area contributed by atoms with Gasteiger partial charge in [0.15, 0.2) is 0 Å². The summed E-state index contributed by atoms with van der Waals surface area (Å²) in [4.78, 5) is 0. The van der Waals surface area contributed by atoms with Gasteiger partial charge in [0.1, 0.15) is 22.7 Å². The zero-order valence-corrected chi connectivity index (χ0v) is 36.1. The number of hydrogen-bond acceptors (Lipinski definition) is 4. The van der Waals surface area contributed by atoms with Crippen molar-refractivity contribution in [1.29, 1.82) is 0 Å². The van der Waals surface area contributed by atoms with E-state index in [4.69, 9.17) is 12.9 Å². The van der Waals surface area contributed by atoms with Crippen LogP contribution in [0.3, 0.4) is 0 Å². The highest BCUT2D eigenvalue weighted by molar-refractivity contribution is 7.32. The van der Waals surface area contributed by atoms with Gasteiger partial charge in [-0.05, 0) is 99.9 Å². The molecular formula is C47H63O4P. The van der Waals surface area contributed by atoms with Crippen LogP contribution in [0.4, 0.5) is 0 Å². The van der Waals surface area contributed by atoms with Crippen LogP contribution in [0.1, 0.15) is 148 Å². The summed E-state index contributed by atoms with van der Waals surface area (Å²) in [6.45, 7) is 39.6. The monoisotopic (exact) mass is 722 g/mol. The molecule has 52 heavy (non-hydrogen) atoms. The fourth-order valence-corrected chi connectivity index (χ4v) is 8.10. The highest BCUT2D eigenvalue weighted by Crippen LogP contribution is 2.51. The van der Waals surface area contributed by atoms with Crippen LogP contribution in [-0.2, 0) is 27.1 Å². The lowest BCUT2D eigenvalue weighted by atomic mass is 9.79. The number of fused-ring (bicyclic) bond motifs is 3. The minimum Gasteiger partial charge on any atom is -0.507 e. The molecule has 4 aromatic carbocycles. The zero-order valence-electron chi connectivity index (χ0n) is 35.2. The third kappa shape index (κ3) is 7.84. The molecule has 0 radical (unpaired) electrons. The van der Waals surface area contributed by atoms with Crippen molar-refractivity contribution < 1.29 is 18.0 Å². The highest BCUT2D eigenvalue weighted by atomic mass is 31.1. The van der Waals surface area contributed by atoms with Crippen molar-refractivity contribution in [2.24, 2.45) is 0 Å². The largest absolute Gasteiger partial charge is 0.507 e. The van der Waals surface area contributed by atoms with E-state index >= 15 is 0 Å². The van der Waals surface area contributed by atoms with Crippen LogP contribution in [0.25, 0.3) is 33.1 Å². The van der Waals surface area contributed by atoms with E-state index in [2.05, 4.69) is 173 Å². The second-order valence-electron chi connectivity index (χ2n) is 20.2. The van der Waals surface area contributed by atoms with E-state index in [0.29, 0.717) is 5.75 Å². The van der Waals surface area contributed by atoms with E-state index in [1.807, 2.05) is 0 Å². The Morgan fingerprint density at radius 3 is 1.42 bits per heavy atom. The second-order valence-corrected chi connectivity index (χ2v) is 21.2. The van der Waals surface area contributed by atoms with Crippen LogP contribution in [0.2, 0.25) is 0 Å². The van der Waals surface area contributed by atoms with Gasteiger partial charge in [-0.2, -0.15) is 0 Å². The maximum Gasteiger partial charge on any atom is 0.453 e. The molecule has 0 spiro atoms. The molecule has 4 nitrogen and oxygen atoms in total. The Morgan fingerprint density at radius 1 is 0.481 bits per heavy atom. The molecule has 1 atom stereocenters. The Bertz CT molecular complexity index is 2220. The van der Waals surface area contributed by atoms with Gasteiger partial charge in [0.2, 0.25) is 0 Å². The molecule has 0 fully saturated rings. The van der Waals surface area contributed by atoms with Crippen molar-refractivity contribution in [1.82, 2.24) is 0 Å². The van der Waals surface area contributed by atoms with Crippen LogP contribution in [-0.4, -0.2) is 5.11 Å². The van der Waals surface area contributed by atoms with Gasteiger partial charge in [0.25, 0.3) is 0 Å². The molecule has 5 rings (SSSR count). The normalized spacial score (nSPS) is 13.6. The predicted molar refractivity (Wildman–Crippen MR) is 224 cm³/mol. The molecule has 0 bridgehead atoms. The first-order chi connectivity index (χ1) is 23.6. The van der Waals surface area contributed by atoms with Crippen molar-refractivity contribution >= 4 is 30.2 Å². The van der Waals surface area contributed by atoms with Crippen molar-refractivity contribution in [3.63, 3.8) is 0 Å². The SMILES string of the molecule is Cc1cc(-c2cc(C)cc(C(C)(C)C)c2Op2oc3c(C)cc(C(C)(C)C)cc3c3cc(C(C)(C)C)cc(C(C)(C)C)c3o2)c(O)c(C(C)(C)C)c1. The smallest absolute Gasteiger partial charge is 0.453 e. The molecule has 0 aliphatic heterocycles. The molecule has 0 saturated carbocycles. The first-order valence-electron chi connectivity index (χ1n) is 18.8. The second kappa shape index (κ2) is 13.0. The van der Waals surface area contributed by atoms with E-state index in [0.717, 1.165) is 66.4 Å². The summed E-state index contributed by atoms with van der Waals surface area (Å²) < 4.78 is 21.3. The number of aromatic hydroxyl groups is 1. The fraction of sp³-hybridized carbons (Fsp3) is 0.489.